The Balaban J connectivity index is 2.18. The highest BCUT2D eigenvalue weighted by Gasteiger charge is 2.14. The van der Waals surface area contributed by atoms with E-state index in [0.717, 1.165) is 6.07 Å². The number of hydrazone groups is 1. The molecule has 0 aliphatic heterocycles. The van der Waals surface area contributed by atoms with Crippen molar-refractivity contribution >= 4 is 39.7 Å². The topological polar surface area (TPSA) is 111 Å². The van der Waals surface area contributed by atoms with Crippen molar-refractivity contribution in [3.05, 3.63) is 44.9 Å². The van der Waals surface area contributed by atoms with Crippen LogP contribution in [-0.2, 0) is 0 Å². The predicted molar refractivity (Wildman–Crippen MR) is 92.2 cm³/mol. The van der Waals surface area contributed by atoms with Gasteiger partial charge >= 0.3 is 0 Å². The minimum absolute atomic E-state index is 0.0239. The molecule has 2 rings (SSSR count). The molecule has 24 heavy (non-hydrogen) atoms. The van der Waals surface area contributed by atoms with Crippen LogP contribution in [0.5, 0.6) is 23.0 Å². The maximum atomic E-state index is 12.0. The van der Waals surface area contributed by atoms with Crippen LogP contribution in [0, 0.1) is 0 Å². The fourth-order valence-corrected chi connectivity index (χ4v) is 2.62. The van der Waals surface area contributed by atoms with Crippen LogP contribution in [0.1, 0.15) is 15.9 Å². The van der Waals surface area contributed by atoms with E-state index in [9.17, 15) is 20.1 Å². The first kappa shape index (κ1) is 17.9. The van der Waals surface area contributed by atoms with Crippen molar-refractivity contribution in [2.24, 2.45) is 5.10 Å². The number of methoxy groups -OCH3 is 1. The van der Waals surface area contributed by atoms with Crippen LogP contribution in [-0.4, -0.2) is 34.6 Å². The molecule has 2 aromatic rings. The van der Waals surface area contributed by atoms with E-state index in [0.29, 0.717) is 15.1 Å². The minimum atomic E-state index is -0.652. The summed E-state index contributed by atoms with van der Waals surface area (Å²) in [5.74, 6) is -1.76. The summed E-state index contributed by atoms with van der Waals surface area (Å²) in [5.41, 5.74) is 2.54. The number of halogens is 2. The lowest BCUT2D eigenvalue weighted by atomic mass is 10.1. The van der Waals surface area contributed by atoms with Gasteiger partial charge < -0.3 is 20.1 Å². The van der Waals surface area contributed by atoms with Crippen molar-refractivity contribution in [3.63, 3.8) is 0 Å². The number of phenolic OH excluding ortho intramolecular Hbond substituents is 3. The summed E-state index contributed by atoms with van der Waals surface area (Å²) in [6.07, 6.45) is 1.21. The number of hydrogen-bond donors (Lipinski definition) is 4. The van der Waals surface area contributed by atoms with Crippen LogP contribution in [0.4, 0.5) is 0 Å². The molecule has 0 unspecified atom stereocenters. The van der Waals surface area contributed by atoms with Gasteiger partial charge in [0, 0.05) is 16.1 Å². The Morgan fingerprint density at radius 2 is 1.96 bits per heavy atom. The zero-order valence-electron chi connectivity index (χ0n) is 12.2. The van der Waals surface area contributed by atoms with E-state index in [1.165, 1.54) is 31.5 Å². The minimum Gasteiger partial charge on any atom is -0.506 e. The van der Waals surface area contributed by atoms with Crippen LogP contribution in [0.2, 0.25) is 5.02 Å². The molecule has 0 heterocycles. The molecule has 0 bridgehead atoms. The zero-order valence-corrected chi connectivity index (χ0v) is 14.6. The smallest absolute Gasteiger partial charge is 0.271 e. The number of phenols is 3. The number of nitrogens with zero attached hydrogens (tertiary/aromatic N) is 1. The molecule has 0 spiro atoms. The predicted octanol–water partition coefficient (Wildman–Crippen LogP) is 2.99. The van der Waals surface area contributed by atoms with Crippen molar-refractivity contribution in [3.8, 4) is 23.0 Å². The molecule has 2 aromatic carbocycles. The Labute approximate surface area is 150 Å². The molecule has 0 atom stereocenters. The number of nitrogens with one attached hydrogen (secondary N) is 1. The fraction of sp³-hybridized carbons (Fsp3) is 0.0667. The zero-order chi connectivity index (χ0) is 17.9. The molecule has 1 amide bonds. The van der Waals surface area contributed by atoms with Gasteiger partial charge in [-0.3, -0.25) is 4.79 Å². The Morgan fingerprint density at radius 1 is 1.25 bits per heavy atom. The lowest BCUT2D eigenvalue weighted by Crippen LogP contribution is -2.17. The molecule has 0 fully saturated rings. The average Bonchev–Trinajstić information content (AvgIpc) is 2.54. The maximum Gasteiger partial charge on any atom is 0.271 e. The first-order chi connectivity index (χ1) is 11.3. The van der Waals surface area contributed by atoms with Crippen molar-refractivity contribution in [2.45, 2.75) is 0 Å². The third-order valence-corrected chi connectivity index (χ3v) is 3.79. The van der Waals surface area contributed by atoms with E-state index in [1.807, 2.05) is 0 Å². The monoisotopic (exact) mass is 414 g/mol. The van der Waals surface area contributed by atoms with Gasteiger partial charge in [0.1, 0.15) is 5.75 Å². The molecule has 0 saturated carbocycles. The van der Waals surface area contributed by atoms with E-state index in [4.69, 9.17) is 16.3 Å². The molecule has 126 valence electrons. The number of aromatic hydroxyl groups is 3. The van der Waals surface area contributed by atoms with E-state index in [-0.39, 0.29) is 17.1 Å². The highest BCUT2D eigenvalue weighted by molar-refractivity contribution is 9.10. The second kappa shape index (κ2) is 7.41. The normalized spacial score (nSPS) is 10.8. The van der Waals surface area contributed by atoms with Gasteiger partial charge in [-0.1, -0.05) is 11.6 Å². The second-order valence-corrected chi connectivity index (χ2v) is 5.86. The summed E-state index contributed by atoms with van der Waals surface area (Å²) in [7, 11) is 1.29. The maximum absolute atomic E-state index is 12.0. The fourth-order valence-electron chi connectivity index (χ4n) is 1.79. The number of rotatable bonds is 4. The van der Waals surface area contributed by atoms with Gasteiger partial charge in [0.25, 0.3) is 5.91 Å². The van der Waals surface area contributed by atoms with Crippen LogP contribution < -0.4 is 10.2 Å². The number of hydrogen-bond acceptors (Lipinski definition) is 6. The third kappa shape index (κ3) is 3.90. The van der Waals surface area contributed by atoms with E-state index < -0.39 is 17.4 Å². The number of carbonyl (C=O) groups is 1. The SMILES string of the molecule is COc1cc(C(=O)N/N=C/c2cc(Cl)cc(Br)c2O)cc(O)c1O. The summed E-state index contributed by atoms with van der Waals surface area (Å²) in [6.45, 7) is 0. The summed E-state index contributed by atoms with van der Waals surface area (Å²) < 4.78 is 5.24. The highest BCUT2D eigenvalue weighted by atomic mass is 79.9. The van der Waals surface area contributed by atoms with Crippen molar-refractivity contribution in [1.29, 1.82) is 0 Å². The van der Waals surface area contributed by atoms with Gasteiger partial charge in [0.15, 0.2) is 11.5 Å². The number of amides is 1. The van der Waals surface area contributed by atoms with E-state index >= 15 is 0 Å². The van der Waals surface area contributed by atoms with Crippen LogP contribution in [0.3, 0.4) is 0 Å². The average molecular weight is 416 g/mol. The first-order valence-corrected chi connectivity index (χ1v) is 7.62. The quantitative estimate of drug-likeness (QED) is 0.348. The Hall–Kier alpha value is -2.45. The van der Waals surface area contributed by atoms with Gasteiger partial charge in [-0.15, -0.1) is 0 Å². The molecule has 9 heteroatoms. The lowest BCUT2D eigenvalue weighted by Gasteiger charge is -2.07. The first-order valence-electron chi connectivity index (χ1n) is 6.45. The Morgan fingerprint density at radius 3 is 2.62 bits per heavy atom. The van der Waals surface area contributed by atoms with Gasteiger partial charge in [-0.05, 0) is 40.2 Å². The molecule has 7 nitrogen and oxygen atoms in total. The number of carbonyl (C=O) groups excluding carboxylic acids is 1. The van der Waals surface area contributed by atoms with Gasteiger partial charge in [-0.2, -0.15) is 5.10 Å². The van der Waals surface area contributed by atoms with Crippen molar-refractivity contribution in [2.75, 3.05) is 7.11 Å². The van der Waals surface area contributed by atoms with Gasteiger partial charge in [-0.25, -0.2) is 5.43 Å². The molecular weight excluding hydrogens is 404 g/mol. The third-order valence-electron chi connectivity index (χ3n) is 2.96. The second-order valence-electron chi connectivity index (χ2n) is 4.57. The molecular formula is C15H12BrClN2O5. The summed E-state index contributed by atoms with van der Waals surface area (Å²) in [5, 5.41) is 33.0. The largest absolute Gasteiger partial charge is 0.506 e. The summed E-state index contributed by atoms with van der Waals surface area (Å²) in [6, 6.07) is 5.29. The Kier molecular flexibility index (Phi) is 5.53. The number of ether oxygens (including phenoxy) is 1. The van der Waals surface area contributed by atoms with E-state index in [1.54, 1.807) is 0 Å². The van der Waals surface area contributed by atoms with Gasteiger partial charge in [0.2, 0.25) is 5.75 Å². The van der Waals surface area contributed by atoms with Crippen LogP contribution >= 0.6 is 27.5 Å². The molecule has 4 N–H and O–H groups in total. The van der Waals surface area contributed by atoms with E-state index in [2.05, 4.69) is 26.5 Å². The summed E-state index contributed by atoms with van der Waals surface area (Å²) >= 11 is 9.01. The molecule has 0 aliphatic carbocycles. The lowest BCUT2D eigenvalue weighted by molar-refractivity contribution is 0.0954. The molecule has 0 saturated heterocycles. The molecule has 0 radical (unpaired) electrons. The summed E-state index contributed by atoms with van der Waals surface area (Å²) in [4.78, 5) is 12.0. The van der Waals surface area contributed by atoms with Crippen molar-refractivity contribution < 1.29 is 24.9 Å². The van der Waals surface area contributed by atoms with Crippen molar-refractivity contribution in [1.82, 2.24) is 5.43 Å². The number of benzene rings is 2. The van der Waals surface area contributed by atoms with Gasteiger partial charge in [0.05, 0.1) is 17.8 Å². The highest BCUT2D eigenvalue weighted by Crippen LogP contribution is 2.36. The Bertz CT molecular complexity index is 826. The molecule has 0 aliphatic rings. The standard InChI is InChI=1S/C15H12BrClN2O5/c1-24-12-4-7(3-11(20)14(12)22)15(23)19-18-6-8-2-9(17)5-10(16)13(8)21/h2-6,20-22H,1H3,(H,19,23)/b18-6+. The van der Waals surface area contributed by atoms with Crippen LogP contribution in [0.15, 0.2) is 33.8 Å². The van der Waals surface area contributed by atoms with Crippen LogP contribution in [0.25, 0.3) is 0 Å². The molecule has 0 aromatic heterocycles.